The Bertz CT molecular complexity index is 483. The van der Waals surface area contributed by atoms with Crippen LogP contribution < -0.4 is 0 Å². The van der Waals surface area contributed by atoms with Crippen molar-refractivity contribution in [3.63, 3.8) is 0 Å². The van der Waals surface area contributed by atoms with Crippen molar-refractivity contribution < 1.29 is 19.1 Å². The number of hydrogen-bond acceptors (Lipinski definition) is 4. The summed E-state index contributed by atoms with van der Waals surface area (Å²) in [7, 11) is 0. The molecular formula is C17H24O4. The Balaban J connectivity index is 2.52. The minimum absolute atomic E-state index is 0.0102. The molecule has 0 heterocycles. The minimum atomic E-state index is -0.865. The Morgan fingerprint density at radius 2 is 1.48 bits per heavy atom. The third-order valence-electron chi connectivity index (χ3n) is 2.76. The number of hydrogen-bond donors (Lipinski definition) is 0. The standard InChI is InChI=1S/C17H24O4/c1-16(2,3)11-21-15(19)17(4,5)12-20-14(18)13-9-7-6-8-10-13/h6-10H,11-12H2,1-5H3. The van der Waals surface area contributed by atoms with Crippen molar-refractivity contribution >= 4 is 11.9 Å². The van der Waals surface area contributed by atoms with Crippen LogP contribution in [0.4, 0.5) is 0 Å². The van der Waals surface area contributed by atoms with Gasteiger partial charge < -0.3 is 9.47 Å². The number of benzene rings is 1. The summed E-state index contributed by atoms with van der Waals surface area (Å²) in [5, 5.41) is 0. The van der Waals surface area contributed by atoms with Gasteiger partial charge in [-0.2, -0.15) is 0 Å². The molecule has 0 N–H and O–H groups in total. The van der Waals surface area contributed by atoms with Gasteiger partial charge in [0.05, 0.1) is 17.6 Å². The van der Waals surface area contributed by atoms with Crippen LogP contribution in [0.15, 0.2) is 30.3 Å². The monoisotopic (exact) mass is 292 g/mol. The molecule has 1 aromatic carbocycles. The van der Waals surface area contributed by atoms with Crippen molar-refractivity contribution in [2.75, 3.05) is 13.2 Å². The van der Waals surface area contributed by atoms with Crippen LogP contribution in [0.1, 0.15) is 45.0 Å². The van der Waals surface area contributed by atoms with Gasteiger partial charge >= 0.3 is 11.9 Å². The zero-order valence-corrected chi connectivity index (χ0v) is 13.4. The first-order chi connectivity index (χ1) is 9.62. The molecule has 116 valence electrons. The Kier molecular flexibility index (Phi) is 5.53. The van der Waals surface area contributed by atoms with E-state index in [1.54, 1.807) is 38.1 Å². The van der Waals surface area contributed by atoms with Crippen LogP contribution in [-0.4, -0.2) is 25.2 Å². The highest BCUT2D eigenvalue weighted by molar-refractivity contribution is 5.89. The molecule has 0 aliphatic heterocycles. The van der Waals surface area contributed by atoms with E-state index in [1.165, 1.54) is 0 Å². The first-order valence-corrected chi connectivity index (χ1v) is 7.01. The van der Waals surface area contributed by atoms with Crippen LogP contribution in [0, 0.1) is 10.8 Å². The van der Waals surface area contributed by atoms with Crippen molar-refractivity contribution in [1.29, 1.82) is 0 Å². The van der Waals surface area contributed by atoms with Crippen molar-refractivity contribution in [3.05, 3.63) is 35.9 Å². The summed E-state index contributed by atoms with van der Waals surface area (Å²) in [5.74, 6) is -0.800. The van der Waals surface area contributed by atoms with Crippen molar-refractivity contribution in [3.8, 4) is 0 Å². The Morgan fingerprint density at radius 1 is 0.905 bits per heavy atom. The lowest BCUT2D eigenvalue weighted by atomic mass is 9.94. The number of esters is 2. The molecule has 0 bridgehead atoms. The van der Waals surface area contributed by atoms with Crippen molar-refractivity contribution in [2.24, 2.45) is 10.8 Å². The molecule has 4 nitrogen and oxygen atoms in total. The lowest BCUT2D eigenvalue weighted by Gasteiger charge is -2.25. The molecule has 0 unspecified atom stereocenters. The summed E-state index contributed by atoms with van der Waals surface area (Å²) in [6.07, 6.45) is 0. The van der Waals surface area contributed by atoms with E-state index in [-0.39, 0.29) is 18.0 Å². The second-order valence-corrected chi connectivity index (χ2v) is 6.96. The van der Waals surface area contributed by atoms with Crippen LogP contribution in [-0.2, 0) is 14.3 Å². The second-order valence-electron chi connectivity index (χ2n) is 6.96. The SMILES string of the molecule is CC(C)(C)COC(=O)C(C)(C)COC(=O)c1ccccc1. The van der Waals surface area contributed by atoms with Crippen LogP contribution in [0.3, 0.4) is 0 Å². The zero-order chi connectivity index (χ0) is 16.1. The molecule has 0 radical (unpaired) electrons. The van der Waals surface area contributed by atoms with Gasteiger partial charge in [0, 0.05) is 0 Å². The quantitative estimate of drug-likeness (QED) is 0.780. The number of carbonyl (C=O) groups excluding carboxylic acids is 2. The smallest absolute Gasteiger partial charge is 0.338 e. The fourth-order valence-electron chi connectivity index (χ4n) is 1.44. The molecule has 1 rings (SSSR count). The molecule has 0 aromatic heterocycles. The molecule has 0 saturated carbocycles. The first-order valence-electron chi connectivity index (χ1n) is 7.01. The van der Waals surface area contributed by atoms with Gasteiger partial charge in [0.1, 0.15) is 6.61 Å². The second kappa shape index (κ2) is 6.74. The molecule has 0 fully saturated rings. The van der Waals surface area contributed by atoms with E-state index in [4.69, 9.17) is 9.47 Å². The fourth-order valence-corrected chi connectivity index (χ4v) is 1.44. The molecule has 0 saturated heterocycles. The van der Waals surface area contributed by atoms with Gasteiger partial charge in [-0.15, -0.1) is 0 Å². The predicted octanol–water partition coefficient (Wildman–Crippen LogP) is 3.46. The normalized spacial score (nSPS) is 11.9. The topological polar surface area (TPSA) is 52.6 Å². The van der Waals surface area contributed by atoms with E-state index in [0.717, 1.165) is 0 Å². The molecule has 0 atom stereocenters. The molecular weight excluding hydrogens is 268 g/mol. The highest BCUT2D eigenvalue weighted by Crippen LogP contribution is 2.21. The van der Waals surface area contributed by atoms with E-state index < -0.39 is 11.4 Å². The summed E-state index contributed by atoms with van der Waals surface area (Å²) in [6, 6.07) is 8.70. The largest absolute Gasteiger partial charge is 0.465 e. The molecule has 0 spiro atoms. The van der Waals surface area contributed by atoms with E-state index in [9.17, 15) is 9.59 Å². The van der Waals surface area contributed by atoms with E-state index >= 15 is 0 Å². The van der Waals surface area contributed by atoms with Gasteiger partial charge in [-0.1, -0.05) is 39.0 Å². The van der Waals surface area contributed by atoms with E-state index in [2.05, 4.69) is 0 Å². The molecule has 21 heavy (non-hydrogen) atoms. The highest BCUT2D eigenvalue weighted by atomic mass is 16.6. The Labute approximate surface area is 126 Å². The Hall–Kier alpha value is -1.84. The lowest BCUT2D eigenvalue weighted by Crippen LogP contribution is -2.34. The lowest BCUT2D eigenvalue weighted by molar-refractivity contribution is -0.159. The molecule has 1 aromatic rings. The van der Waals surface area contributed by atoms with Gasteiger partial charge in [0.2, 0.25) is 0 Å². The summed E-state index contributed by atoms with van der Waals surface area (Å²) in [6.45, 7) is 9.70. The average molecular weight is 292 g/mol. The van der Waals surface area contributed by atoms with Crippen LogP contribution in [0.2, 0.25) is 0 Å². The first kappa shape index (κ1) is 17.2. The third kappa shape index (κ3) is 5.98. The van der Waals surface area contributed by atoms with E-state index in [0.29, 0.717) is 12.2 Å². The fraction of sp³-hybridized carbons (Fsp3) is 0.529. The van der Waals surface area contributed by atoms with Crippen LogP contribution >= 0.6 is 0 Å². The van der Waals surface area contributed by atoms with Gasteiger partial charge in [0.25, 0.3) is 0 Å². The predicted molar refractivity (Wildman–Crippen MR) is 80.9 cm³/mol. The third-order valence-corrected chi connectivity index (χ3v) is 2.76. The van der Waals surface area contributed by atoms with Crippen LogP contribution in [0.25, 0.3) is 0 Å². The summed E-state index contributed by atoms with van der Waals surface area (Å²) in [5.41, 5.74) is -0.487. The van der Waals surface area contributed by atoms with Crippen LogP contribution in [0.5, 0.6) is 0 Å². The summed E-state index contributed by atoms with van der Waals surface area (Å²) in [4.78, 5) is 23.9. The molecule has 0 aliphatic carbocycles. The molecule has 0 amide bonds. The zero-order valence-electron chi connectivity index (χ0n) is 13.4. The maximum Gasteiger partial charge on any atom is 0.338 e. The number of carbonyl (C=O) groups is 2. The summed E-state index contributed by atoms with van der Waals surface area (Å²) >= 11 is 0. The average Bonchev–Trinajstić information content (AvgIpc) is 2.42. The van der Waals surface area contributed by atoms with Gasteiger partial charge in [-0.25, -0.2) is 4.79 Å². The molecule has 4 heteroatoms. The maximum atomic E-state index is 12.0. The summed E-state index contributed by atoms with van der Waals surface area (Å²) < 4.78 is 10.5. The highest BCUT2D eigenvalue weighted by Gasteiger charge is 2.32. The van der Waals surface area contributed by atoms with Gasteiger partial charge in [0.15, 0.2) is 0 Å². The molecule has 0 aliphatic rings. The van der Waals surface area contributed by atoms with E-state index in [1.807, 2.05) is 26.8 Å². The maximum absolute atomic E-state index is 12.0. The van der Waals surface area contributed by atoms with Crippen molar-refractivity contribution in [1.82, 2.24) is 0 Å². The number of rotatable bonds is 5. The Morgan fingerprint density at radius 3 is 2.00 bits per heavy atom. The minimum Gasteiger partial charge on any atom is -0.465 e. The van der Waals surface area contributed by atoms with Gasteiger partial charge in [-0.3, -0.25) is 4.79 Å². The number of ether oxygens (including phenoxy) is 2. The van der Waals surface area contributed by atoms with Gasteiger partial charge in [-0.05, 0) is 31.4 Å². The van der Waals surface area contributed by atoms with Crippen molar-refractivity contribution in [2.45, 2.75) is 34.6 Å².